The van der Waals surface area contributed by atoms with E-state index in [1.54, 1.807) is 12.1 Å². The van der Waals surface area contributed by atoms with Crippen molar-refractivity contribution in [2.75, 3.05) is 5.32 Å². The fraction of sp³-hybridized carbons (Fsp3) is 0.188. The van der Waals surface area contributed by atoms with Crippen molar-refractivity contribution < 1.29 is 4.79 Å². The van der Waals surface area contributed by atoms with Crippen LogP contribution in [0.25, 0.3) is 0 Å². The van der Waals surface area contributed by atoms with Crippen molar-refractivity contribution in [2.24, 2.45) is 0 Å². The average molecular weight is 570 g/mol. The zero-order chi connectivity index (χ0) is 17.0. The molecule has 2 rings (SSSR count). The molecule has 7 heteroatoms. The number of rotatable bonds is 4. The Balaban J connectivity index is 2.16. The normalized spacial score (nSPS) is 12.6. The molecular weight excluding hydrogens is 556 g/mol. The molecule has 0 saturated heterocycles. The van der Waals surface area contributed by atoms with Gasteiger partial charge in [-0.15, -0.1) is 0 Å². The average Bonchev–Trinajstić information content (AvgIpc) is 2.46. The van der Waals surface area contributed by atoms with Crippen LogP contribution in [-0.2, 0) is 0 Å². The molecule has 0 aliphatic rings. The fourth-order valence-electron chi connectivity index (χ4n) is 1.86. The van der Waals surface area contributed by atoms with E-state index in [4.69, 9.17) is 0 Å². The quantitative estimate of drug-likeness (QED) is 0.363. The number of alkyl halides is 3. The highest BCUT2D eigenvalue weighted by Crippen LogP contribution is 2.37. The van der Waals surface area contributed by atoms with Crippen molar-refractivity contribution in [1.29, 1.82) is 0 Å². The molecule has 0 aromatic heterocycles. The van der Waals surface area contributed by atoms with Gasteiger partial charge >= 0.3 is 0 Å². The maximum atomic E-state index is 12.4. The highest BCUT2D eigenvalue weighted by Gasteiger charge is 2.32. The van der Waals surface area contributed by atoms with Gasteiger partial charge in [0.2, 0.25) is 0 Å². The highest BCUT2D eigenvalue weighted by atomic mass is 80.0. The first-order valence-electron chi connectivity index (χ1n) is 6.72. The Kier molecular flexibility index (Phi) is 6.71. The minimum absolute atomic E-state index is 0.166. The van der Waals surface area contributed by atoms with Crippen molar-refractivity contribution in [3.05, 3.63) is 64.1 Å². The van der Waals surface area contributed by atoms with E-state index in [0.29, 0.717) is 5.56 Å². The number of hydrogen-bond acceptors (Lipinski definition) is 2. The number of amides is 1. The Hall–Kier alpha value is -0.370. The molecule has 0 saturated carbocycles. The number of aryl methyl sites for hydroxylation is 1. The van der Waals surface area contributed by atoms with Gasteiger partial charge < -0.3 is 10.6 Å². The van der Waals surface area contributed by atoms with Gasteiger partial charge in [0.25, 0.3) is 5.91 Å². The molecule has 0 aliphatic heterocycles. The van der Waals surface area contributed by atoms with Gasteiger partial charge in [0.05, 0.1) is 0 Å². The van der Waals surface area contributed by atoms with E-state index in [2.05, 4.69) is 74.4 Å². The van der Waals surface area contributed by atoms with Crippen LogP contribution in [0, 0.1) is 6.92 Å². The molecule has 0 unspecified atom stereocenters. The van der Waals surface area contributed by atoms with Crippen molar-refractivity contribution in [3.8, 4) is 0 Å². The predicted octanol–water partition coefficient (Wildman–Crippen LogP) is 5.76. The maximum Gasteiger partial charge on any atom is 0.252 e. The molecule has 1 atom stereocenters. The van der Waals surface area contributed by atoms with Crippen LogP contribution in [0.1, 0.15) is 15.9 Å². The molecule has 122 valence electrons. The topological polar surface area (TPSA) is 41.1 Å². The number of benzene rings is 2. The van der Waals surface area contributed by atoms with Gasteiger partial charge in [-0.3, -0.25) is 4.79 Å². The molecule has 2 aromatic rings. The number of carbonyl (C=O) groups is 1. The number of halogens is 4. The van der Waals surface area contributed by atoms with Crippen LogP contribution in [-0.4, -0.2) is 14.2 Å². The molecular formula is C16H14Br4N2O. The predicted molar refractivity (Wildman–Crippen MR) is 110 cm³/mol. The van der Waals surface area contributed by atoms with Crippen LogP contribution in [0.3, 0.4) is 0 Å². The fourth-order valence-corrected chi connectivity index (χ4v) is 2.95. The smallest absolute Gasteiger partial charge is 0.252 e. The van der Waals surface area contributed by atoms with Crippen LogP contribution < -0.4 is 10.6 Å². The largest absolute Gasteiger partial charge is 0.363 e. The summed E-state index contributed by atoms with van der Waals surface area (Å²) in [5.41, 5.74) is 2.59. The molecule has 0 aliphatic carbocycles. The number of nitrogens with one attached hydrogen (secondary N) is 2. The van der Waals surface area contributed by atoms with Gasteiger partial charge in [-0.2, -0.15) is 0 Å². The Labute approximate surface area is 169 Å². The van der Waals surface area contributed by atoms with Gasteiger partial charge in [0, 0.05) is 15.7 Å². The first-order chi connectivity index (χ1) is 10.8. The molecule has 0 heterocycles. The summed E-state index contributed by atoms with van der Waals surface area (Å²) in [6, 6.07) is 15.2. The molecule has 0 bridgehead atoms. The van der Waals surface area contributed by atoms with E-state index >= 15 is 0 Å². The second-order valence-electron chi connectivity index (χ2n) is 4.97. The SMILES string of the molecule is Cc1ccc(C(=O)N[C@@H](Nc2cccc(Br)c2)C(Br)(Br)Br)cc1. The standard InChI is InChI=1S/C16H14Br4N2O/c1-10-5-7-11(8-6-10)14(23)22-15(16(18,19)20)21-13-4-2-3-12(17)9-13/h2-9,15,21H,1H3,(H,22,23)/t15-/m1/s1. The molecule has 3 nitrogen and oxygen atoms in total. The van der Waals surface area contributed by atoms with Crippen molar-refractivity contribution in [2.45, 2.75) is 15.2 Å². The van der Waals surface area contributed by atoms with Crippen molar-refractivity contribution in [1.82, 2.24) is 5.32 Å². The monoisotopic (exact) mass is 566 g/mol. The Morgan fingerprint density at radius 3 is 2.30 bits per heavy atom. The van der Waals surface area contributed by atoms with E-state index in [1.807, 2.05) is 43.3 Å². The van der Waals surface area contributed by atoms with E-state index < -0.39 is 8.31 Å². The van der Waals surface area contributed by atoms with Crippen LogP contribution in [0.5, 0.6) is 0 Å². The lowest BCUT2D eigenvalue weighted by Gasteiger charge is -2.28. The Morgan fingerprint density at radius 1 is 1.09 bits per heavy atom. The van der Waals surface area contributed by atoms with Gasteiger partial charge in [-0.1, -0.05) is 87.5 Å². The summed E-state index contributed by atoms with van der Waals surface area (Å²) < 4.78 is 0.255. The zero-order valence-electron chi connectivity index (χ0n) is 12.1. The van der Waals surface area contributed by atoms with Gasteiger partial charge in [0.1, 0.15) is 6.17 Å². The maximum absolute atomic E-state index is 12.4. The minimum Gasteiger partial charge on any atom is -0.363 e. The summed E-state index contributed by atoms with van der Waals surface area (Å²) in [5.74, 6) is -0.166. The Bertz CT molecular complexity index is 683. The van der Waals surface area contributed by atoms with Crippen LogP contribution in [0.15, 0.2) is 53.0 Å². The summed E-state index contributed by atoms with van der Waals surface area (Å²) in [5, 5.41) is 6.22. The molecule has 2 aromatic carbocycles. The van der Waals surface area contributed by atoms with E-state index in [0.717, 1.165) is 15.7 Å². The van der Waals surface area contributed by atoms with Gasteiger partial charge in [-0.25, -0.2) is 0 Å². The number of hydrogen-bond donors (Lipinski definition) is 2. The number of carbonyl (C=O) groups excluding carboxylic acids is 1. The second-order valence-corrected chi connectivity index (χ2v) is 12.8. The van der Waals surface area contributed by atoms with Crippen molar-refractivity contribution in [3.63, 3.8) is 0 Å². The lowest BCUT2D eigenvalue weighted by atomic mass is 10.1. The molecule has 1 amide bonds. The third-order valence-corrected chi connectivity index (χ3v) is 4.92. The second kappa shape index (κ2) is 8.14. The summed E-state index contributed by atoms with van der Waals surface area (Å²) >= 11 is 13.9. The van der Waals surface area contributed by atoms with E-state index in [9.17, 15) is 4.79 Å². The minimum atomic E-state index is -0.699. The molecule has 0 spiro atoms. The van der Waals surface area contributed by atoms with Gasteiger partial charge in [0.15, 0.2) is 2.14 Å². The third kappa shape index (κ3) is 5.89. The van der Waals surface area contributed by atoms with E-state index in [1.165, 1.54) is 0 Å². The molecule has 23 heavy (non-hydrogen) atoms. The summed E-state index contributed by atoms with van der Waals surface area (Å²) in [4.78, 5) is 12.4. The van der Waals surface area contributed by atoms with Gasteiger partial charge in [-0.05, 0) is 37.3 Å². The molecule has 0 fully saturated rings. The summed E-state index contributed by atoms with van der Waals surface area (Å²) in [6.07, 6.45) is -0.439. The molecule has 2 N–H and O–H groups in total. The van der Waals surface area contributed by atoms with Crippen LogP contribution in [0.2, 0.25) is 0 Å². The first kappa shape index (κ1) is 19.0. The van der Waals surface area contributed by atoms with Crippen LogP contribution >= 0.6 is 63.7 Å². The summed E-state index contributed by atoms with van der Waals surface area (Å²) in [6.45, 7) is 1.99. The zero-order valence-corrected chi connectivity index (χ0v) is 18.5. The number of anilines is 1. The lowest BCUT2D eigenvalue weighted by Crippen LogP contribution is -2.48. The lowest BCUT2D eigenvalue weighted by molar-refractivity contribution is 0.0943. The highest BCUT2D eigenvalue weighted by molar-refractivity contribution is 9.39. The van der Waals surface area contributed by atoms with Crippen molar-refractivity contribution >= 4 is 75.3 Å². The first-order valence-corrected chi connectivity index (χ1v) is 9.89. The molecule has 0 radical (unpaired) electrons. The van der Waals surface area contributed by atoms with Crippen LogP contribution in [0.4, 0.5) is 5.69 Å². The summed E-state index contributed by atoms with van der Waals surface area (Å²) in [7, 11) is 0. The third-order valence-electron chi connectivity index (χ3n) is 3.05. The Morgan fingerprint density at radius 2 is 1.74 bits per heavy atom. The van der Waals surface area contributed by atoms with E-state index in [-0.39, 0.29) is 5.91 Å².